The van der Waals surface area contributed by atoms with Crippen LogP contribution in [0.5, 0.6) is 0 Å². The Morgan fingerprint density at radius 2 is 1.73 bits per heavy atom. The Morgan fingerprint density at radius 3 is 2.40 bits per heavy atom. The summed E-state index contributed by atoms with van der Waals surface area (Å²) in [6.45, 7) is 2.33. The second-order valence-corrected chi connectivity index (χ2v) is 9.01. The third-order valence-corrected chi connectivity index (χ3v) is 6.12. The van der Waals surface area contributed by atoms with Gasteiger partial charge in [0.25, 0.3) is 0 Å². The molecule has 0 unspecified atom stereocenters. The Morgan fingerprint density at radius 1 is 1.03 bits per heavy atom. The summed E-state index contributed by atoms with van der Waals surface area (Å²) in [5.41, 5.74) is 1.16. The van der Waals surface area contributed by atoms with Gasteiger partial charge in [0.05, 0.1) is 17.9 Å². The standard InChI is InChI=1S/C20H23ClN4O4S/c21-18-7-2-1-4-15(18)12-20(27)25-10-8-24(9-11-25)14-19(26)23-16-5-3-6-17(13-16)30(22,28)29/h1-7,13H,8-12,14H2,(H,23,26)(H2,22,28,29). The molecule has 8 nitrogen and oxygen atoms in total. The summed E-state index contributed by atoms with van der Waals surface area (Å²) in [7, 11) is -3.84. The van der Waals surface area contributed by atoms with Gasteiger partial charge in [0.2, 0.25) is 21.8 Å². The van der Waals surface area contributed by atoms with E-state index in [-0.39, 0.29) is 29.7 Å². The van der Waals surface area contributed by atoms with Gasteiger partial charge >= 0.3 is 0 Å². The van der Waals surface area contributed by atoms with Crippen LogP contribution in [0.4, 0.5) is 5.69 Å². The zero-order valence-corrected chi connectivity index (χ0v) is 17.8. The van der Waals surface area contributed by atoms with Crippen molar-refractivity contribution in [1.82, 2.24) is 9.80 Å². The molecule has 10 heteroatoms. The molecule has 1 aliphatic heterocycles. The van der Waals surface area contributed by atoms with Crippen molar-refractivity contribution in [2.45, 2.75) is 11.3 Å². The van der Waals surface area contributed by atoms with Gasteiger partial charge in [0, 0.05) is 36.9 Å². The minimum Gasteiger partial charge on any atom is -0.340 e. The smallest absolute Gasteiger partial charge is 0.238 e. The molecule has 0 radical (unpaired) electrons. The fourth-order valence-electron chi connectivity index (χ4n) is 3.23. The number of amides is 2. The van der Waals surface area contributed by atoms with Crippen LogP contribution in [0.15, 0.2) is 53.4 Å². The van der Waals surface area contributed by atoms with Crippen LogP contribution in [-0.4, -0.2) is 62.8 Å². The molecular weight excluding hydrogens is 428 g/mol. The predicted molar refractivity (Wildman–Crippen MR) is 115 cm³/mol. The maximum Gasteiger partial charge on any atom is 0.238 e. The molecule has 0 atom stereocenters. The summed E-state index contributed by atoms with van der Waals surface area (Å²) in [4.78, 5) is 28.5. The van der Waals surface area contributed by atoms with Crippen molar-refractivity contribution in [3.8, 4) is 0 Å². The van der Waals surface area contributed by atoms with Crippen LogP contribution in [0.25, 0.3) is 0 Å². The maximum atomic E-state index is 12.5. The number of nitrogens with zero attached hydrogens (tertiary/aromatic N) is 2. The van der Waals surface area contributed by atoms with Gasteiger partial charge in [-0.15, -0.1) is 0 Å². The monoisotopic (exact) mass is 450 g/mol. The first-order valence-corrected chi connectivity index (χ1v) is 11.3. The molecule has 1 aliphatic rings. The number of hydrogen-bond acceptors (Lipinski definition) is 5. The lowest BCUT2D eigenvalue weighted by Crippen LogP contribution is -2.50. The first-order chi connectivity index (χ1) is 14.2. The van der Waals surface area contributed by atoms with Crippen molar-refractivity contribution in [3.05, 3.63) is 59.1 Å². The largest absolute Gasteiger partial charge is 0.340 e. The molecule has 30 heavy (non-hydrogen) atoms. The first kappa shape index (κ1) is 22.2. The molecule has 160 valence electrons. The molecule has 0 spiro atoms. The minimum atomic E-state index is -3.84. The molecule has 2 aromatic rings. The van der Waals surface area contributed by atoms with Crippen LogP contribution < -0.4 is 10.5 Å². The van der Waals surface area contributed by atoms with E-state index in [1.165, 1.54) is 18.2 Å². The normalized spacial score (nSPS) is 15.1. The summed E-state index contributed by atoms with van der Waals surface area (Å²) in [5.74, 6) is -0.260. The van der Waals surface area contributed by atoms with E-state index in [9.17, 15) is 18.0 Å². The predicted octanol–water partition coefficient (Wildman–Crippen LogP) is 1.31. The number of carbonyl (C=O) groups excluding carboxylic acids is 2. The number of hydrogen-bond donors (Lipinski definition) is 2. The van der Waals surface area contributed by atoms with Crippen molar-refractivity contribution in [2.75, 3.05) is 38.0 Å². The fourth-order valence-corrected chi connectivity index (χ4v) is 3.99. The highest BCUT2D eigenvalue weighted by Crippen LogP contribution is 2.17. The van der Waals surface area contributed by atoms with E-state index in [1.54, 1.807) is 17.0 Å². The van der Waals surface area contributed by atoms with E-state index >= 15 is 0 Å². The van der Waals surface area contributed by atoms with Crippen LogP contribution >= 0.6 is 11.6 Å². The molecular formula is C20H23ClN4O4S. The minimum absolute atomic E-state index is 0.00649. The SMILES string of the molecule is NS(=O)(=O)c1cccc(NC(=O)CN2CCN(C(=O)Cc3ccccc3Cl)CC2)c1. The summed E-state index contributed by atoms with van der Waals surface area (Å²) >= 11 is 6.13. The molecule has 3 N–H and O–H groups in total. The van der Waals surface area contributed by atoms with E-state index in [2.05, 4.69) is 5.32 Å². The van der Waals surface area contributed by atoms with Crippen molar-refractivity contribution >= 4 is 39.1 Å². The number of anilines is 1. The number of rotatable bonds is 6. The molecule has 0 aromatic heterocycles. The van der Waals surface area contributed by atoms with E-state index in [1.807, 2.05) is 23.1 Å². The highest BCUT2D eigenvalue weighted by Gasteiger charge is 2.23. The van der Waals surface area contributed by atoms with E-state index in [0.717, 1.165) is 5.56 Å². The van der Waals surface area contributed by atoms with Gasteiger partial charge in [-0.1, -0.05) is 35.9 Å². The molecule has 1 heterocycles. The Labute approximate surface area is 180 Å². The molecule has 0 bridgehead atoms. The van der Waals surface area contributed by atoms with Crippen LogP contribution in [0.1, 0.15) is 5.56 Å². The highest BCUT2D eigenvalue weighted by molar-refractivity contribution is 7.89. The van der Waals surface area contributed by atoms with Crippen molar-refractivity contribution in [1.29, 1.82) is 0 Å². The van der Waals surface area contributed by atoms with Gasteiger partial charge in [0.1, 0.15) is 0 Å². The average Bonchev–Trinajstić information content (AvgIpc) is 2.70. The number of carbonyl (C=O) groups is 2. The summed E-state index contributed by atoms with van der Waals surface area (Å²) < 4.78 is 22.8. The van der Waals surface area contributed by atoms with Crippen LogP contribution in [-0.2, 0) is 26.0 Å². The third-order valence-electron chi connectivity index (χ3n) is 4.84. The number of nitrogens with one attached hydrogen (secondary N) is 1. The molecule has 1 saturated heterocycles. The number of piperazine rings is 1. The second kappa shape index (κ2) is 9.57. The lowest BCUT2D eigenvalue weighted by molar-refractivity contribution is -0.132. The Hall–Kier alpha value is -2.46. The van der Waals surface area contributed by atoms with Crippen molar-refractivity contribution in [2.24, 2.45) is 5.14 Å². The lowest BCUT2D eigenvalue weighted by Gasteiger charge is -2.34. The van der Waals surface area contributed by atoms with E-state index < -0.39 is 10.0 Å². The van der Waals surface area contributed by atoms with Gasteiger partial charge < -0.3 is 10.2 Å². The zero-order valence-electron chi connectivity index (χ0n) is 16.3. The average molecular weight is 451 g/mol. The Kier molecular flexibility index (Phi) is 7.09. The fraction of sp³-hybridized carbons (Fsp3) is 0.300. The number of nitrogens with two attached hydrogens (primary N) is 1. The molecule has 2 aromatic carbocycles. The second-order valence-electron chi connectivity index (χ2n) is 7.05. The molecule has 2 amide bonds. The summed E-state index contributed by atoms with van der Waals surface area (Å²) in [6.07, 6.45) is 0.251. The Balaban J connectivity index is 1.48. The van der Waals surface area contributed by atoms with Crippen LogP contribution in [0.3, 0.4) is 0 Å². The number of benzene rings is 2. The number of sulfonamides is 1. The zero-order chi connectivity index (χ0) is 21.7. The molecule has 1 fully saturated rings. The quantitative estimate of drug-likeness (QED) is 0.689. The van der Waals surface area contributed by atoms with Gasteiger partial charge in [-0.25, -0.2) is 13.6 Å². The third kappa shape index (κ3) is 6.02. The molecule has 0 aliphatic carbocycles. The van der Waals surface area contributed by atoms with E-state index in [0.29, 0.717) is 36.9 Å². The maximum absolute atomic E-state index is 12.5. The van der Waals surface area contributed by atoms with Crippen molar-refractivity contribution in [3.63, 3.8) is 0 Å². The highest BCUT2D eigenvalue weighted by atomic mass is 35.5. The molecule has 0 saturated carbocycles. The van der Waals surface area contributed by atoms with Crippen molar-refractivity contribution < 1.29 is 18.0 Å². The van der Waals surface area contributed by atoms with Crippen LogP contribution in [0, 0.1) is 0 Å². The van der Waals surface area contributed by atoms with Crippen LogP contribution in [0.2, 0.25) is 5.02 Å². The number of halogens is 1. The first-order valence-electron chi connectivity index (χ1n) is 9.38. The molecule has 3 rings (SSSR count). The van der Waals surface area contributed by atoms with Gasteiger partial charge in [-0.3, -0.25) is 14.5 Å². The van der Waals surface area contributed by atoms with E-state index in [4.69, 9.17) is 16.7 Å². The summed E-state index contributed by atoms with van der Waals surface area (Å²) in [6, 6.07) is 13.1. The Bertz CT molecular complexity index is 1040. The topological polar surface area (TPSA) is 113 Å². The van der Waals surface area contributed by atoms with Gasteiger partial charge in [-0.05, 0) is 29.8 Å². The lowest BCUT2D eigenvalue weighted by atomic mass is 10.1. The van der Waals surface area contributed by atoms with Gasteiger partial charge in [-0.2, -0.15) is 0 Å². The van der Waals surface area contributed by atoms with Gasteiger partial charge in [0.15, 0.2) is 0 Å². The summed E-state index contributed by atoms with van der Waals surface area (Å²) in [5, 5.41) is 8.37. The number of primary sulfonamides is 1.